The van der Waals surface area contributed by atoms with Crippen LogP contribution in [-0.4, -0.2) is 51.9 Å². The Morgan fingerprint density at radius 1 is 1.09 bits per heavy atom. The van der Waals surface area contributed by atoms with Gasteiger partial charge in [-0.25, -0.2) is 0 Å². The molecule has 0 spiro atoms. The monoisotopic (exact) mass is 466 g/mol. The second-order valence-corrected chi connectivity index (χ2v) is 10.2. The van der Waals surface area contributed by atoms with Crippen LogP contribution in [0.5, 0.6) is 5.75 Å². The number of benzene rings is 1. The average Bonchev–Trinajstić information content (AvgIpc) is 3.56. The third-order valence-corrected chi connectivity index (χ3v) is 7.86. The van der Waals surface area contributed by atoms with Gasteiger partial charge in [0.2, 0.25) is 11.8 Å². The molecule has 1 unspecified atom stereocenters. The molecule has 2 heterocycles. The van der Waals surface area contributed by atoms with Gasteiger partial charge in [0.05, 0.1) is 24.9 Å². The van der Waals surface area contributed by atoms with Crippen molar-refractivity contribution in [2.75, 3.05) is 12.4 Å². The maximum atomic E-state index is 14.2. The van der Waals surface area contributed by atoms with Crippen molar-refractivity contribution < 1.29 is 19.1 Å². The molecular weight excluding hydrogens is 432 g/mol. The van der Waals surface area contributed by atoms with Gasteiger partial charge in [0.1, 0.15) is 17.0 Å². The van der Waals surface area contributed by atoms with Crippen molar-refractivity contribution >= 4 is 34.3 Å². The van der Waals surface area contributed by atoms with E-state index in [1.54, 1.807) is 7.11 Å². The lowest BCUT2D eigenvalue weighted by atomic mass is 9.91. The van der Waals surface area contributed by atoms with Crippen LogP contribution in [0.25, 0.3) is 10.9 Å². The largest absolute Gasteiger partial charge is 0.497 e. The molecule has 1 aliphatic heterocycles. The molecule has 0 radical (unpaired) electrons. The summed E-state index contributed by atoms with van der Waals surface area (Å²) in [5, 5.41) is 6.90. The zero-order valence-corrected chi connectivity index (χ0v) is 20.3. The van der Waals surface area contributed by atoms with Crippen molar-refractivity contribution in [1.82, 2.24) is 14.8 Å². The minimum atomic E-state index is -1.01. The number of aromatic nitrogens is 1. The van der Waals surface area contributed by atoms with Gasteiger partial charge >= 0.3 is 0 Å². The number of rotatable bonds is 5. The van der Waals surface area contributed by atoms with Crippen molar-refractivity contribution in [2.24, 2.45) is 0 Å². The van der Waals surface area contributed by atoms with Crippen LogP contribution in [0.15, 0.2) is 18.2 Å². The third-order valence-electron chi connectivity index (χ3n) is 7.86. The smallest absolute Gasteiger partial charge is 0.273 e. The number of nitrogens with one attached hydrogen (secondary N) is 2. The average molecular weight is 467 g/mol. The molecule has 2 N–H and O–H groups in total. The summed E-state index contributed by atoms with van der Waals surface area (Å²) in [5.41, 5.74) is 0.726. The second kappa shape index (κ2) is 8.64. The van der Waals surface area contributed by atoms with Gasteiger partial charge in [-0.3, -0.25) is 14.4 Å². The first-order valence-corrected chi connectivity index (χ1v) is 12.5. The number of amides is 3. The van der Waals surface area contributed by atoms with E-state index >= 15 is 0 Å². The molecule has 5 rings (SSSR count). The molecule has 0 saturated heterocycles. The van der Waals surface area contributed by atoms with Crippen LogP contribution < -0.4 is 15.4 Å². The predicted molar refractivity (Wildman–Crippen MR) is 130 cm³/mol. The summed E-state index contributed by atoms with van der Waals surface area (Å²) in [6.07, 6.45) is 8.11. The van der Waals surface area contributed by atoms with Crippen LogP contribution in [0, 0.1) is 0 Å². The van der Waals surface area contributed by atoms with E-state index in [9.17, 15) is 14.4 Å². The molecule has 3 aliphatic rings. The molecule has 3 amide bonds. The predicted octanol–water partition coefficient (Wildman–Crippen LogP) is 3.82. The summed E-state index contributed by atoms with van der Waals surface area (Å²) in [7, 11) is 1.59. The van der Waals surface area contributed by atoms with Gasteiger partial charge in [-0.15, -0.1) is 0 Å². The topological polar surface area (TPSA) is 92.7 Å². The van der Waals surface area contributed by atoms with E-state index in [-0.39, 0.29) is 29.8 Å². The zero-order chi connectivity index (χ0) is 24.0. The van der Waals surface area contributed by atoms with Crippen LogP contribution >= 0.6 is 0 Å². The van der Waals surface area contributed by atoms with E-state index in [2.05, 4.69) is 10.6 Å². The van der Waals surface area contributed by atoms with E-state index in [0.717, 1.165) is 62.3 Å². The molecule has 8 nitrogen and oxygen atoms in total. The van der Waals surface area contributed by atoms with E-state index in [1.807, 2.05) is 34.6 Å². The van der Waals surface area contributed by atoms with E-state index < -0.39 is 5.54 Å². The van der Waals surface area contributed by atoms with Gasteiger partial charge < -0.3 is 24.8 Å². The Balaban J connectivity index is 1.66. The highest BCUT2D eigenvalue weighted by atomic mass is 16.5. The number of hydrogen-bond donors (Lipinski definition) is 2. The number of nitrogens with zero attached hydrogens (tertiary/aromatic N) is 2. The Labute approximate surface area is 200 Å². The lowest BCUT2D eigenvalue weighted by molar-refractivity contribution is -0.135. The minimum absolute atomic E-state index is 0.0123. The first-order chi connectivity index (χ1) is 16.3. The van der Waals surface area contributed by atoms with E-state index in [1.165, 1.54) is 6.92 Å². The normalized spacial score (nSPS) is 23.4. The fraction of sp³-hybridized carbons (Fsp3) is 0.577. The third kappa shape index (κ3) is 3.63. The van der Waals surface area contributed by atoms with Crippen LogP contribution in [0.1, 0.15) is 75.7 Å². The zero-order valence-electron chi connectivity index (χ0n) is 20.3. The number of carbonyl (C=O) groups excluding carboxylic acids is 3. The molecule has 2 aliphatic carbocycles. The van der Waals surface area contributed by atoms with Crippen molar-refractivity contribution in [3.8, 4) is 5.75 Å². The molecule has 34 heavy (non-hydrogen) atoms. The number of fused-ring (bicyclic) bond motifs is 3. The molecule has 0 bridgehead atoms. The van der Waals surface area contributed by atoms with Gasteiger partial charge in [-0.05, 0) is 50.8 Å². The molecule has 1 aromatic carbocycles. The summed E-state index contributed by atoms with van der Waals surface area (Å²) in [6.45, 7) is 3.69. The van der Waals surface area contributed by atoms with Gasteiger partial charge in [0.15, 0.2) is 0 Å². The van der Waals surface area contributed by atoms with Crippen molar-refractivity contribution in [3.05, 3.63) is 23.9 Å². The number of carbonyl (C=O) groups is 3. The molecule has 182 valence electrons. The summed E-state index contributed by atoms with van der Waals surface area (Å²) in [5.74, 6) is 0.123. The van der Waals surface area contributed by atoms with Crippen molar-refractivity contribution in [1.29, 1.82) is 0 Å². The summed E-state index contributed by atoms with van der Waals surface area (Å²) in [4.78, 5) is 42.0. The Bertz CT molecular complexity index is 1140. The van der Waals surface area contributed by atoms with Crippen LogP contribution in [0.2, 0.25) is 0 Å². The van der Waals surface area contributed by atoms with Crippen LogP contribution in [0.3, 0.4) is 0 Å². The number of hydrogen-bond acceptors (Lipinski definition) is 4. The van der Waals surface area contributed by atoms with Gasteiger partial charge in [-0.1, -0.05) is 25.7 Å². The summed E-state index contributed by atoms with van der Waals surface area (Å²) < 4.78 is 7.33. The molecule has 2 fully saturated rings. The van der Waals surface area contributed by atoms with Crippen LogP contribution in [0.4, 0.5) is 5.69 Å². The molecule has 2 aromatic rings. The molecule has 2 saturated carbocycles. The Kier molecular flexibility index (Phi) is 5.78. The van der Waals surface area contributed by atoms with Crippen molar-refractivity contribution in [3.63, 3.8) is 0 Å². The van der Waals surface area contributed by atoms with E-state index in [4.69, 9.17) is 4.74 Å². The highest BCUT2D eigenvalue weighted by Crippen LogP contribution is 2.42. The lowest BCUT2D eigenvalue weighted by Gasteiger charge is -2.47. The molecule has 1 aromatic heterocycles. The van der Waals surface area contributed by atoms with Gasteiger partial charge in [-0.2, -0.15) is 0 Å². The Hall–Kier alpha value is -3.03. The number of anilines is 1. The van der Waals surface area contributed by atoms with Gasteiger partial charge in [0, 0.05) is 24.4 Å². The first-order valence-electron chi connectivity index (χ1n) is 12.5. The molecule has 1 atom stereocenters. The second-order valence-electron chi connectivity index (χ2n) is 10.2. The van der Waals surface area contributed by atoms with Gasteiger partial charge in [0.25, 0.3) is 5.91 Å². The Morgan fingerprint density at radius 2 is 1.76 bits per heavy atom. The first kappa shape index (κ1) is 22.7. The maximum Gasteiger partial charge on any atom is 0.273 e. The SMILES string of the molecule is COc1ccc2c(c1)c(NC(C)=O)c1n2CC(C)(C(=O)NC2CCCC2)N(C2CCCC2)C1=O. The summed E-state index contributed by atoms with van der Waals surface area (Å²) >= 11 is 0. The standard InChI is InChI=1S/C26H34N4O4/c1-16(31)27-22-20-14-19(34-3)12-13-21(20)29-15-26(2,25(33)28-17-8-4-5-9-17)30(24(32)23(22)29)18-10-6-7-11-18/h12-14,17-18H,4-11,15H2,1-3H3,(H,27,31)(H,28,33). The highest BCUT2D eigenvalue weighted by molar-refractivity contribution is 6.14. The van der Waals surface area contributed by atoms with E-state index in [0.29, 0.717) is 23.7 Å². The molecular formula is C26H34N4O4. The van der Waals surface area contributed by atoms with Crippen LogP contribution in [-0.2, 0) is 16.1 Å². The van der Waals surface area contributed by atoms with Crippen molar-refractivity contribution in [2.45, 2.75) is 89.4 Å². The fourth-order valence-corrected chi connectivity index (χ4v) is 6.20. The molecule has 8 heteroatoms. The number of methoxy groups -OCH3 is 1. The maximum absolute atomic E-state index is 14.2. The lowest BCUT2D eigenvalue weighted by Crippen LogP contribution is -2.67. The summed E-state index contributed by atoms with van der Waals surface area (Å²) in [6, 6.07) is 5.77. The fourth-order valence-electron chi connectivity index (χ4n) is 6.20. The minimum Gasteiger partial charge on any atom is -0.497 e. The number of ether oxygens (including phenoxy) is 1. The quantitative estimate of drug-likeness (QED) is 0.701. The highest BCUT2D eigenvalue weighted by Gasteiger charge is 2.52. The Morgan fingerprint density at radius 3 is 2.41 bits per heavy atom.